The van der Waals surface area contributed by atoms with Crippen molar-refractivity contribution in [3.8, 4) is 0 Å². The summed E-state index contributed by atoms with van der Waals surface area (Å²) in [6.45, 7) is 7.95. The van der Waals surface area contributed by atoms with E-state index in [1.807, 2.05) is 0 Å². The first-order valence-electron chi connectivity index (χ1n) is 5.79. The molecule has 0 radical (unpaired) electrons. The van der Waals surface area contributed by atoms with Crippen LogP contribution < -0.4 is 0 Å². The summed E-state index contributed by atoms with van der Waals surface area (Å²) in [6.07, 6.45) is -0.804. The second-order valence-electron chi connectivity index (χ2n) is 5.84. The van der Waals surface area contributed by atoms with Gasteiger partial charge >= 0.3 is 12.1 Å². The highest BCUT2D eigenvalue weighted by Crippen LogP contribution is 2.35. The van der Waals surface area contributed by atoms with Crippen molar-refractivity contribution < 1.29 is 24.2 Å². The van der Waals surface area contributed by atoms with Crippen LogP contribution in [-0.2, 0) is 14.3 Å². The van der Waals surface area contributed by atoms with E-state index < -0.39 is 35.0 Å². The molecule has 0 aromatic heterocycles. The monoisotopic (exact) mass is 257 g/mol. The molecule has 1 aliphatic rings. The molecule has 0 aliphatic carbocycles. The normalized spacial score (nSPS) is 28.4. The number of hydrogen-bond acceptors (Lipinski definition) is 4. The Morgan fingerprint density at radius 1 is 1.44 bits per heavy atom. The molecule has 6 heteroatoms. The van der Waals surface area contributed by atoms with Crippen molar-refractivity contribution >= 4 is 18.0 Å². The van der Waals surface area contributed by atoms with Gasteiger partial charge in [0, 0.05) is 5.92 Å². The number of aliphatic carboxylic acids is 1. The zero-order chi connectivity index (χ0) is 14.3. The van der Waals surface area contributed by atoms with Gasteiger partial charge in [0.25, 0.3) is 0 Å². The van der Waals surface area contributed by atoms with Crippen LogP contribution in [-0.4, -0.2) is 39.1 Å². The van der Waals surface area contributed by atoms with Gasteiger partial charge < -0.3 is 9.84 Å². The standard InChI is InChI=1S/C12H19NO5/c1-7-6-12(5,9(15)16)13(8(7)14)10(17)18-11(2,3)4/h7H,6H2,1-5H3,(H,15,16)/t7-,12-/m0/s1. The summed E-state index contributed by atoms with van der Waals surface area (Å²) in [6, 6.07) is 0. The summed E-state index contributed by atoms with van der Waals surface area (Å²) in [7, 11) is 0. The Hall–Kier alpha value is -1.59. The van der Waals surface area contributed by atoms with Crippen LogP contribution in [0.2, 0.25) is 0 Å². The summed E-state index contributed by atoms with van der Waals surface area (Å²) < 4.78 is 5.09. The lowest BCUT2D eigenvalue weighted by atomic mass is 9.95. The van der Waals surface area contributed by atoms with Crippen LogP contribution in [0.1, 0.15) is 41.0 Å². The molecule has 1 rings (SSSR count). The minimum absolute atomic E-state index is 0.0976. The molecule has 1 aliphatic heterocycles. The molecule has 0 saturated carbocycles. The Morgan fingerprint density at radius 2 is 1.94 bits per heavy atom. The Labute approximate surface area is 106 Å². The zero-order valence-corrected chi connectivity index (χ0v) is 11.3. The summed E-state index contributed by atoms with van der Waals surface area (Å²) in [5.74, 6) is -2.21. The van der Waals surface area contributed by atoms with Gasteiger partial charge in [-0.1, -0.05) is 6.92 Å². The van der Waals surface area contributed by atoms with Crippen LogP contribution in [0.25, 0.3) is 0 Å². The quantitative estimate of drug-likeness (QED) is 0.771. The predicted octanol–water partition coefficient (Wildman–Crippen LogP) is 1.63. The predicted molar refractivity (Wildman–Crippen MR) is 62.9 cm³/mol. The average molecular weight is 257 g/mol. The fourth-order valence-electron chi connectivity index (χ4n) is 2.02. The molecule has 2 amide bonds. The molecule has 1 N–H and O–H groups in total. The number of carboxylic acids is 1. The number of rotatable bonds is 1. The van der Waals surface area contributed by atoms with Crippen molar-refractivity contribution in [2.45, 2.75) is 52.2 Å². The molecule has 0 spiro atoms. The van der Waals surface area contributed by atoms with Gasteiger partial charge in [-0.25, -0.2) is 14.5 Å². The molecule has 0 aromatic carbocycles. The lowest BCUT2D eigenvalue weighted by Gasteiger charge is -2.31. The van der Waals surface area contributed by atoms with Gasteiger partial charge in [0.1, 0.15) is 11.1 Å². The third kappa shape index (κ3) is 2.47. The molecule has 102 valence electrons. The van der Waals surface area contributed by atoms with E-state index in [2.05, 4.69) is 0 Å². The minimum Gasteiger partial charge on any atom is -0.479 e. The third-order valence-corrected chi connectivity index (χ3v) is 2.88. The Kier molecular flexibility index (Phi) is 3.42. The largest absolute Gasteiger partial charge is 0.479 e. The Bertz CT molecular complexity index is 398. The fraction of sp³-hybridized carbons (Fsp3) is 0.750. The maximum atomic E-state index is 12.0. The molecule has 1 heterocycles. The minimum atomic E-state index is -1.53. The number of carbonyl (C=O) groups is 3. The zero-order valence-electron chi connectivity index (χ0n) is 11.3. The van der Waals surface area contributed by atoms with E-state index in [1.165, 1.54) is 6.92 Å². The highest BCUT2D eigenvalue weighted by molar-refractivity contribution is 6.02. The number of carboxylic acid groups (broad SMARTS) is 1. The first-order chi connectivity index (χ1) is 7.99. The number of likely N-dealkylation sites (tertiary alicyclic amines) is 1. The number of nitrogens with zero attached hydrogens (tertiary/aromatic N) is 1. The number of hydrogen-bond donors (Lipinski definition) is 1. The molecule has 6 nitrogen and oxygen atoms in total. The van der Waals surface area contributed by atoms with E-state index >= 15 is 0 Å². The molecule has 0 bridgehead atoms. The van der Waals surface area contributed by atoms with Crippen molar-refractivity contribution in [1.82, 2.24) is 4.90 Å². The summed E-state index contributed by atoms with van der Waals surface area (Å²) in [4.78, 5) is 35.9. The van der Waals surface area contributed by atoms with Crippen molar-refractivity contribution in [1.29, 1.82) is 0 Å². The molecule has 0 unspecified atom stereocenters. The van der Waals surface area contributed by atoms with Crippen LogP contribution in [0.4, 0.5) is 4.79 Å². The molecular formula is C12H19NO5. The molecule has 1 saturated heterocycles. The number of amides is 2. The van der Waals surface area contributed by atoms with Crippen molar-refractivity contribution in [3.63, 3.8) is 0 Å². The lowest BCUT2D eigenvalue weighted by molar-refractivity contribution is -0.152. The molecular weight excluding hydrogens is 238 g/mol. The van der Waals surface area contributed by atoms with E-state index in [4.69, 9.17) is 4.74 Å². The van der Waals surface area contributed by atoms with E-state index in [9.17, 15) is 19.5 Å². The number of ether oxygens (including phenoxy) is 1. The molecule has 2 atom stereocenters. The van der Waals surface area contributed by atoms with Crippen molar-refractivity contribution in [2.75, 3.05) is 0 Å². The topological polar surface area (TPSA) is 83.9 Å². The van der Waals surface area contributed by atoms with Crippen LogP contribution in [0, 0.1) is 5.92 Å². The number of imide groups is 1. The number of carbonyl (C=O) groups excluding carboxylic acids is 2. The van der Waals surface area contributed by atoms with Crippen LogP contribution >= 0.6 is 0 Å². The van der Waals surface area contributed by atoms with Gasteiger partial charge in [-0.15, -0.1) is 0 Å². The van der Waals surface area contributed by atoms with Gasteiger partial charge in [-0.3, -0.25) is 4.79 Å². The second-order valence-corrected chi connectivity index (χ2v) is 5.84. The Morgan fingerprint density at radius 3 is 2.33 bits per heavy atom. The van der Waals surface area contributed by atoms with Gasteiger partial charge in [-0.2, -0.15) is 0 Å². The average Bonchev–Trinajstić information content (AvgIpc) is 2.36. The summed E-state index contributed by atoms with van der Waals surface area (Å²) >= 11 is 0. The second kappa shape index (κ2) is 4.26. The first kappa shape index (κ1) is 14.5. The smallest absolute Gasteiger partial charge is 0.418 e. The van der Waals surface area contributed by atoms with Gasteiger partial charge in [0.2, 0.25) is 5.91 Å². The van der Waals surface area contributed by atoms with E-state index in [0.717, 1.165) is 4.90 Å². The highest BCUT2D eigenvalue weighted by atomic mass is 16.6. The molecule has 0 aromatic rings. The molecule has 1 fully saturated rings. The van der Waals surface area contributed by atoms with E-state index in [0.29, 0.717) is 0 Å². The Balaban J connectivity index is 3.07. The van der Waals surface area contributed by atoms with E-state index in [1.54, 1.807) is 27.7 Å². The van der Waals surface area contributed by atoms with Crippen LogP contribution in [0.15, 0.2) is 0 Å². The maximum absolute atomic E-state index is 12.0. The van der Waals surface area contributed by atoms with Gasteiger partial charge in [0.05, 0.1) is 0 Å². The lowest BCUT2D eigenvalue weighted by Crippen LogP contribution is -2.53. The van der Waals surface area contributed by atoms with Crippen LogP contribution in [0.5, 0.6) is 0 Å². The summed E-state index contributed by atoms with van der Waals surface area (Å²) in [5.41, 5.74) is -2.30. The summed E-state index contributed by atoms with van der Waals surface area (Å²) in [5, 5.41) is 9.22. The first-order valence-corrected chi connectivity index (χ1v) is 5.79. The van der Waals surface area contributed by atoms with Crippen molar-refractivity contribution in [3.05, 3.63) is 0 Å². The third-order valence-electron chi connectivity index (χ3n) is 2.88. The van der Waals surface area contributed by atoms with Crippen molar-refractivity contribution in [2.24, 2.45) is 5.92 Å². The SMILES string of the molecule is C[C@H]1C[C@@](C)(C(=O)O)N(C(=O)OC(C)(C)C)C1=O. The van der Waals surface area contributed by atoms with Gasteiger partial charge in [-0.05, 0) is 34.1 Å². The van der Waals surface area contributed by atoms with E-state index in [-0.39, 0.29) is 6.42 Å². The van der Waals surface area contributed by atoms with Gasteiger partial charge in [0.15, 0.2) is 0 Å². The fourth-order valence-corrected chi connectivity index (χ4v) is 2.02. The molecule has 18 heavy (non-hydrogen) atoms. The van der Waals surface area contributed by atoms with Crippen LogP contribution in [0.3, 0.4) is 0 Å². The highest BCUT2D eigenvalue weighted by Gasteiger charge is 2.55. The maximum Gasteiger partial charge on any atom is 0.418 e.